The zero-order valence-corrected chi connectivity index (χ0v) is 18.6. The Bertz CT molecular complexity index is 995. The first-order chi connectivity index (χ1) is 14.9. The number of fused-ring (bicyclic) bond motifs is 5. The number of carbonyl (C=O) groups excluding carboxylic acids is 2. The molecule has 5 atom stereocenters. The summed E-state index contributed by atoms with van der Waals surface area (Å²) in [5, 5.41) is 0. The summed E-state index contributed by atoms with van der Waals surface area (Å²) in [6.07, 6.45) is 0.386. The highest BCUT2D eigenvalue weighted by Crippen LogP contribution is 2.57. The van der Waals surface area contributed by atoms with Gasteiger partial charge in [-0.15, -0.1) is 5.92 Å². The minimum Gasteiger partial charge on any atom is -0.496 e. The van der Waals surface area contributed by atoms with Crippen molar-refractivity contribution in [1.29, 1.82) is 0 Å². The zero-order chi connectivity index (χ0) is 22.3. The van der Waals surface area contributed by atoms with Crippen LogP contribution < -0.4 is 4.74 Å². The van der Waals surface area contributed by atoms with Gasteiger partial charge in [-0.05, 0) is 31.5 Å². The van der Waals surface area contributed by atoms with E-state index in [1.807, 2.05) is 12.1 Å². The summed E-state index contributed by atoms with van der Waals surface area (Å²) in [4.78, 5) is 26.3. The van der Waals surface area contributed by atoms with Crippen LogP contribution in [0.15, 0.2) is 24.0 Å². The van der Waals surface area contributed by atoms with Gasteiger partial charge in [-0.2, -0.15) is 0 Å². The number of esters is 1. The third-order valence-corrected chi connectivity index (χ3v) is 6.37. The summed E-state index contributed by atoms with van der Waals surface area (Å²) in [5.74, 6) is 5.62. The third kappa shape index (κ3) is 3.56. The maximum absolute atomic E-state index is 13.7. The molecule has 2 bridgehead atoms. The Kier molecular flexibility index (Phi) is 5.92. The number of hydrogen-bond donors (Lipinski definition) is 0. The summed E-state index contributed by atoms with van der Waals surface area (Å²) >= 11 is 0. The lowest BCUT2D eigenvalue weighted by Gasteiger charge is -2.27. The second-order valence-corrected chi connectivity index (χ2v) is 8.61. The Balaban J connectivity index is 1.81. The van der Waals surface area contributed by atoms with E-state index < -0.39 is 0 Å². The van der Waals surface area contributed by atoms with Gasteiger partial charge in [-0.1, -0.05) is 19.8 Å². The van der Waals surface area contributed by atoms with Gasteiger partial charge in [-0.3, -0.25) is 9.59 Å². The Hall–Kier alpha value is -2.62. The van der Waals surface area contributed by atoms with Gasteiger partial charge in [0.2, 0.25) is 0 Å². The number of methoxy groups -OCH3 is 2. The topological polar surface area (TPSA) is 71.1 Å². The lowest BCUT2D eigenvalue weighted by Crippen LogP contribution is -2.37. The number of benzene rings is 1. The first kappa shape index (κ1) is 21.6. The summed E-state index contributed by atoms with van der Waals surface area (Å²) in [6, 6.07) is 5.48. The Morgan fingerprint density at radius 3 is 2.68 bits per heavy atom. The van der Waals surface area contributed by atoms with Crippen LogP contribution in [0.1, 0.15) is 38.3 Å². The highest BCUT2D eigenvalue weighted by Gasteiger charge is 2.63. The van der Waals surface area contributed by atoms with Crippen LogP contribution in [-0.4, -0.2) is 44.8 Å². The lowest BCUT2D eigenvalue weighted by atomic mass is 9.75. The monoisotopic (exact) mass is 424 g/mol. The van der Waals surface area contributed by atoms with Crippen LogP contribution in [0.3, 0.4) is 0 Å². The molecule has 164 valence electrons. The third-order valence-electron chi connectivity index (χ3n) is 6.37. The highest BCUT2D eigenvalue weighted by atomic mass is 16.6. The lowest BCUT2D eigenvalue weighted by molar-refractivity contribution is -0.144. The van der Waals surface area contributed by atoms with Crippen LogP contribution in [-0.2, 0) is 23.8 Å². The first-order valence-electron chi connectivity index (χ1n) is 10.7. The molecule has 1 aromatic rings. The van der Waals surface area contributed by atoms with Gasteiger partial charge in [0.25, 0.3) is 0 Å². The van der Waals surface area contributed by atoms with Crippen molar-refractivity contribution in [3.05, 3.63) is 35.1 Å². The molecule has 6 heteroatoms. The Morgan fingerprint density at radius 1 is 1.26 bits per heavy atom. The fraction of sp³-hybridized carbons (Fsp3) is 0.520. The van der Waals surface area contributed by atoms with Gasteiger partial charge in [-0.25, -0.2) is 0 Å². The molecule has 0 spiro atoms. The van der Waals surface area contributed by atoms with Gasteiger partial charge in [0.15, 0.2) is 5.78 Å². The quantitative estimate of drug-likeness (QED) is 0.516. The number of allylic oxidation sites excluding steroid dienone is 1. The van der Waals surface area contributed by atoms with Gasteiger partial charge < -0.3 is 18.9 Å². The predicted molar refractivity (Wildman–Crippen MR) is 114 cm³/mol. The average molecular weight is 424 g/mol. The number of hydrogen-bond acceptors (Lipinski definition) is 6. The van der Waals surface area contributed by atoms with Crippen molar-refractivity contribution in [3.63, 3.8) is 0 Å². The molecule has 1 aromatic carbocycles. The molecule has 3 aliphatic rings. The largest absolute Gasteiger partial charge is 0.496 e. The van der Waals surface area contributed by atoms with Crippen LogP contribution in [0.25, 0.3) is 5.57 Å². The van der Waals surface area contributed by atoms with Crippen molar-refractivity contribution < 1.29 is 28.5 Å². The maximum Gasteiger partial charge on any atom is 0.313 e. The van der Waals surface area contributed by atoms with Crippen LogP contribution in [0.4, 0.5) is 0 Å². The molecule has 0 N–H and O–H groups in total. The molecule has 0 amide bonds. The fourth-order valence-corrected chi connectivity index (χ4v) is 5.05. The predicted octanol–water partition coefficient (Wildman–Crippen LogP) is 3.23. The van der Waals surface area contributed by atoms with Crippen molar-refractivity contribution in [2.45, 2.75) is 39.4 Å². The van der Waals surface area contributed by atoms with E-state index in [-0.39, 0.29) is 47.6 Å². The minimum absolute atomic E-state index is 0.0579. The smallest absolute Gasteiger partial charge is 0.313 e. The molecule has 4 rings (SSSR count). The maximum atomic E-state index is 13.7. The van der Waals surface area contributed by atoms with Crippen molar-refractivity contribution in [1.82, 2.24) is 0 Å². The van der Waals surface area contributed by atoms with Gasteiger partial charge in [0.1, 0.15) is 11.5 Å². The number of ketones is 1. The zero-order valence-electron chi connectivity index (χ0n) is 18.6. The first-order valence-corrected chi connectivity index (χ1v) is 10.7. The summed E-state index contributed by atoms with van der Waals surface area (Å²) < 4.78 is 23.0. The van der Waals surface area contributed by atoms with Crippen LogP contribution >= 0.6 is 0 Å². The van der Waals surface area contributed by atoms with E-state index in [0.717, 1.165) is 12.0 Å². The molecule has 31 heavy (non-hydrogen) atoms. The van der Waals surface area contributed by atoms with Crippen molar-refractivity contribution >= 4 is 17.3 Å². The molecule has 2 fully saturated rings. The highest BCUT2D eigenvalue weighted by molar-refractivity contribution is 6.26. The van der Waals surface area contributed by atoms with Gasteiger partial charge in [0, 0.05) is 24.2 Å². The molecule has 2 saturated heterocycles. The van der Waals surface area contributed by atoms with Crippen molar-refractivity contribution in [3.8, 4) is 17.6 Å². The number of carbonyl (C=O) groups is 2. The second-order valence-electron chi connectivity index (χ2n) is 8.61. The molecule has 0 saturated carbocycles. The fourth-order valence-electron chi connectivity index (χ4n) is 5.05. The molecule has 6 nitrogen and oxygen atoms in total. The Labute approximate surface area is 182 Å². The summed E-state index contributed by atoms with van der Waals surface area (Å²) in [6.45, 7) is 5.87. The van der Waals surface area contributed by atoms with Crippen molar-refractivity contribution in [2.75, 3.05) is 20.8 Å². The average Bonchev–Trinajstić information content (AvgIpc) is 3.39. The van der Waals surface area contributed by atoms with Crippen LogP contribution in [0, 0.1) is 35.5 Å². The molecule has 1 aliphatic carbocycles. The van der Waals surface area contributed by atoms with E-state index in [4.69, 9.17) is 18.9 Å². The van der Waals surface area contributed by atoms with E-state index in [0.29, 0.717) is 29.3 Å². The number of ether oxygens (including phenoxy) is 4. The molecule has 2 heterocycles. The SMILES string of the molecule is CC#Cc1ccc(C2=C(OC(=O)C(C)C)C3C4C[C@H](COC)C(O4)[C@H]3C2=O)c(OC)c1. The summed E-state index contributed by atoms with van der Waals surface area (Å²) in [5.41, 5.74) is 1.84. The van der Waals surface area contributed by atoms with E-state index in [1.165, 1.54) is 0 Å². The standard InChI is InChI=1S/C25H28O6/c1-6-7-14-8-9-16(17(10-14)29-5)19-22(26)21-20(24(19)31-25(27)13(2)3)18-11-15(12-28-4)23(21)30-18/h8-10,13,15,18,20-21,23H,11-12H2,1-5H3/t15-,18?,20?,21-,23?/m1/s1. The molecule has 0 aromatic heterocycles. The minimum atomic E-state index is -0.372. The van der Waals surface area contributed by atoms with Crippen molar-refractivity contribution in [2.24, 2.45) is 23.7 Å². The van der Waals surface area contributed by atoms with E-state index in [9.17, 15) is 9.59 Å². The van der Waals surface area contributed by atoms with E-state index in [2.05, 4.69) is 11.8 Å². The number of rotatable bonds is 6. The van der Waals surface area contributed by atoms with E-state index >= 15 is 0 Å². The summed E-state index contributed by atoms with van der Waals surface area (Å²) in [7, 11) is 3.22. The van der Waals surface area contributed by atoms with Gasteiger partial charge >= 0.3 is 5.97 Å². The normalized spacial score (nSPS) is 28.6. The second kappa shape index (κ2) is 8.49. The van der Waals surface area contributed by atoms with Crippen LogP contribution in [0.5, 0.6) is 5.75 Å². The molecular weight excluding hydrogens is 396 g/mol. The molecular formula is C25H28O6. The molecule has 2 aliphatic heterocycles. The molecule has 0 radical (unpaired) electrons. The number of Topliss-reactive ketones (excluding diaryl/α,β-unsaturated/α-hetero) is 1. The molecule has 3 unspecified atom stereocenters. The van der Waals surface area contributed by atoms with E-state index in [1.54, 1.807) is 41.1 Å². The van der Waals surface area contributed by atoms with Crippen LogP contribution in [0.2, 0.25) is 0 Å². The van der Waals surface area contributed by atoms with Gasteiger partial charge in [0.05, 0.1) is 49.3 Å². The Morgan fingerprint density at radius 2 is 2.03 bits per heavy atom.